The zero-order valence-electron chi connectivity index (χ0n) is 19.2. The number of anilines is 1. The SMILES string of the molecule is CCS(=O)(=O)c1nnc(NC(=O)/C(C#N)=C\c2ccc(OCCCOc3cccc(C)c3)cc2)s1. The third-order valence-corrected chi connectivity index (χ3v) is 7.66. The number of aryl methyl sites for hydroxylation is 1. The molecule has 182 valence electrons. The summed E-state index contributed by atoms with van der Waals surface area (Å²) in [6.07, 6.45) is 2.13. The van der Waals surface area contributed by atoms with Gasteiger partial charge in [0.05, 0.1) is 19.0 Å². The second-order valence-electron chi connectivity index (χ2n) is 7.34. The van der Waals surface area contributed by atoms with Crippen molar-refractivity contribution in [2.24, 2.45) is 0 Å². The average Bonchev–Trinajstić information content (AvgIpc) is 3.32. The zero-order chi connectivity index (χ0) is 25.3. The first-order valence-corrected chi connectivity index (χ1v) is 13.2. The van der Waals surface area contributed by atoms with E-state index in [1.54, 1.807) is 24.3 Å². The molecule has 0 saturated heterocycles. The molecule has 9 nitrogen and oxygen atoms in total. The van der Waals surface area contributed by atoms with Crippen molar-refractivity contribution in [3.05, 3.63) is 65.2 Å². The number of ether oxygens (including phenoxy) is 2. The Bertz CT molecular complexity index is 1340. The Morgan fingerprint density at radius 2 is 1.83 bits per heavy atom. The second kappa shape index (κ2) is 12.1. The second-order valence-corrected chi connectivity index (χ2v) is 10.8. The molecular formula is C24H24N4O5S2. The van der Waals surface area contributed by atoms with Gasteiger partial charge in [0.2, 0.25) is 19.3 Å². The molecule has 0 atom stereocenters. The lowest BCUT2D eigenvalue weighted by molar-refractivity contribution is -0.112. The Balaban J connectivity index is 1.51. The van der Waals surface area contributed by atoms with Crippen molar-refractivity contribution in [3.8, 4) is 17.6 Å². The lowest BCUT2D eigenvalue weighted by Gasteiger charge is -2.09. The van der Waals surface area contributed by atoms with Crippen molar-refractivity contribution < 1.29 is 22.7 Å². The number of amides is 1. The van der Waals surface area contributed by atoms with E-state index in [0.717, 1.165) is 22.6 Å². The minimum atomic E-state index is -3.52. The van der Waals surface area contributed by atoms with Crippen LogP contribution in [0.4, 0.5) is 5.13 Å². The number of carbonyl (C=O) groups is 1. The fourth-order valence-corrected chi connectivity index (χ4v) is 4.78. The van der Waals surface area contributed by atoms with Crippen LogP contribution in [0.3, 0.4) is 0 Å². The minimum Gasteiger partial charge on any atom is -0.493 e. The number of sulfone groups is 1. The van der Waals surface area contributed by atoms with Crippen molar-refractivity contribution in [2.45, 2.75) is 24.6 Å². The van der Waals surface area contributed by atoms with E-state index >= 15 is 0 Å². The van der Waals surface area contributed by atoms with E-state index in [4.69, 9.17) is 9.47 Å². The van der Waals surface area contributed by atoms with Crippen LogP contribution in [0.15, 0.2) is 58.4 Å². The molecular weight excluding hydrogens is 488 g/mol. The number of nitrogens with zero attached hydrogens (tertiary/aromatic N) is 3. The van der Waals surface area contributed by atoms with E-state index < -0.39 is 15.7 Å². The maximum absolute atomic E-state index is 12.4. The van der Waals surface area contributed by atoms with E-state index in [-0.39, 0.29) is 20.8 Å². The summed E-state index contributed by atoms with van der Waals surface area (Å²) in [7, 11) is -3.52. The molecule has 3 aromatic rings. The largest absolute Gasteiger partial charge is 0.493 e. The lowest BCUT2D eigenvalue weighted by atomic mass is 10.1. The van der Waals surface area contributed by atoms with Gasteiger partial charge in [-0.3, -0.25) is 10.1 Å². The van der Waals surface area contributed by atoms with Gasteiger partial charge in [0.15, 0.2) is 0 Å². The molecule has 1 aromatic heterocycles. The standard InChI is InChI=1S/C24H24N4O5S2/c1-3-35(30,31)24-28-27-23(34-24)26-22(29)19(16-25)15-18-8-10-20(11-9-18)32-12-5-13-33-21-7-4-6-17(2)14-21/h4,6-11,14-15H,3,5,12-13H2,1-2H3,(H,26,27,29)/b19-15-. The van der Waals surface area contributed by atoms with Gasteiger partial charge in [-0.05, 0) is 48.4 Å². The molecule has 0 bridgehead atoms. The quantitative estimate of drug-likeness (QED) is 0.176. The number of hydrogen-bond donors (Lipinski definition) is 1. The maximum atomic E-state index is 12.4. The minimum absolute atomic E-state index is 0.00157. The Kier molecular flexibility index (Phi) is 8.94. The fraction of sp³-hybridized carbons (Fsp3) is 0.250. The van der Waals surface area contributed by atoms with Crippen molar-refractivity contribution in [1.29, 1.82) is 5.26 Å². The van der Waals surface area contributed by atoms with Crippen LogP contribution < -0.4 is 14.8 Å². The third-order valence-electron chi connectivity index (χ3n) is 4.64. The first kappa shape index (κ1) is 25.9. The van der Waals surface area contributed by atoms with Gasteiger partial charge >= 0.3 is 0 Å². The lowest BCUT2D eigenvalue weighted by Crippen LogP contribution is -2.13. The van der Waals surface area contributed by atoms with Crippen LogP contribution in [-0.2, 0) is 14.6 Å². The van der Waals surface area contributed by atoms with Gasteiger partial charge in [-0.2, -0.15) is 5.26 Å². The molecule has 0 aliphatic heterocycles. The summed E-state index contributed by atoms with van der Waals surface area (Å²) in [6.45, 7) is 4.51. The molecule has 0 aliphatic carbocycles. The fourth-order valence-electron chi connectivity index (χ4n) is 2.79. The Hall–Kier alpha value is -3.75. The number of nitriles is 1. The molecule has 0 fully saturated rings. The molecule has 0 aliphatic rings. The van der Waals surface area contributed by atoms with Crippen LogP contribution in [0, 0.1) is 18.3 Å². The van der Waals surface area contributed by atoms with Crippen LogP contribution in [0.25, 0.3) is 6.08 Å². The Morgan fingerprint density at radius 1 is 1.11 bits per heavy atom. The van der Waals surface area contributed by atoms with E-state index in [9.17, 15) is 18.5 Å². The molecule has 0 spiro atoms. The van der Waals surface area contributed by atoms with Crippen LogP contribution in [0.2, 0.25) is 0 Å². The van der Waals surface area contributed by atoms with Crippen LogP contribution >= 0.6 is 11.3 Å². The topological polar surface area (TPSA) is 131 Å². The summed E-state index contributed by atoms with van der Waals surface area (Å²) in [5.41, 5.74) is 1.60. The summed E-state index contributed by atoms with van der Waals surface area (Å²) in [5, 5.41) is 19.0. The molecule has 0 saturated carbocycles. The van der Waals surface area contributed by atoms with E-state index in [0.29, 0.717) is 30.9 Å². The molecule has 11 heteroatoms. The number of benzene rings is 2. The first-order chi connectivity index (χ1) is 16.8. The average molecular weight is 513 g/mol. The molecule has 0 unspecified atom stereocenters. The monoisotopic (exact) mass is 512 g/mol. The Labute approximate surface area is 208 Å². The zero-order valence-corrected chi connectivity index (χ0v) is 20.9. The highest BCUT2D eigenvalue weighted by Gasteiger charge is 2.19. The smallest absolute Gasteiger partial charge is 0.268 e. The number of nitrogens with one attached hydrogen (secondary N) is 1. The number of rotatable bonds is 11. The number of hydrogen-bond acceptors (Lipinski definition) is 9. The predicted octanol–water partition coefficient (Wildman–Crippen LogP) is 4.03. The van der Waals surface area contributed by atoms with E-state index in [1.165, 1.54) is 13.0 Å². The van der Waals surface area contributed by atoms with Gasteiger partial charge in [-0.1, -0.05) is 42.5 Å². The van der Waals surface area contributed by atoms with E-state index in [2.05, 4.69) is 15.5 Å². The normalized spacial score (nSPS) is 11.5. The molecule has 3 rings (SSSR count). The summed E-state index contributed by atoms with van der Waals surface area (Å²) in [6, 6.07) is 16.6. The summed E-state index contributed by atoms with van der Waals surface area (Å²) >= 11 is 0.735. The molecule has 0 radical (unpaired) electrons. The van der Waals surface area contributed by atoms with Crippen LogP contribution in [-0.4, -0.2) is 43.5 Å². The summed E-state index contributed by atoms with van der Waals surface area (Å²) < 4.78 is 34.9. The van der Waals surface area contributed by atoms with E-state index in [1.807, 2.05) is 37.3 Å². The molecule has 1 N–H and O–H groups in total. The van der Waals surface area contributed by atoms with Crippen LogP contribution in [0.1, 0.15) is 24.5 Å². The van der Waals surface area contributed by atoms with Gasteiger partial charge in [0.25, 0.3) is 5.91 Å². The molecule has 2 aromatic carbocycles. The molecule has 35 heavy (non-hydrogen) atoms. The third kappa shape index (κ3) is 7.63. The van der Waals surface area contributed by atoms with Gasteiger partial charge < -0.3 is 9.47 Å². The summed E-state index contributed by atoms with van der Waals surface area (Å²) in [5.74, 6) is 0.646. The number of aromatic nitrogens is 2. The van der Waals surface area contributed by atoms with Gasteiger partial charge in [-0.25, -0.2) is 8.42 Å². The van der Waals surface area contributed by atoms with Crippen molar-refractivity contribution in [1.82, 2.24) is 10.2 Å². The first-order valence-electron chi connectivity index (χ1n) is 10.7. The van der Waals surface area contributed by atoms with Gasteiger partial charge in [0, 0.05) is 6.42 Å². The number of carbonyl (C=O) groups excluding carboxylic acids is 1. The van der Waals surface area contributed by atoms with Gasteiger partial charge in [-0.15, -0.1) is 10.2 Å². The molecule has 1 amide bonds. The highest BCUT2D eigenvalue weighted by Crippen LogP contribution is 2.22. The molecule has 1 heterocycles. The van der Waals surface area contributed by atoms with Crippen molar-refractivity contribution >= 4 is 38.3 Å². The maximum Gasteiger partial charge on any atom is 0.268 e. The van der Waals surface area contributed by atoms with Crippen LogP contribution in [0.5, 0.6) is 11.5 Å². The summed E-state index contributed by atoms with van der Waals surface area (Å²) in [4.78, 5) is 12.4. The highest BCUT2D eigenvalue weighted by atomic mass is 32.2. The van der Waals surface area contributed by atoms with Crippen molar-refractivity contribution in [3.63, 3.8) is 0 Å². The van der Waals surface area contributed by atoms with Gasteiger partial charge in [0.1, 0.15) is 23.1 Å². The highest BCUT2D eigenvalue weighted by molar-refractivity contribution is 7.93. The Morgan fingerprint density at radius 3 is 2.49 bits per heavy atom. The van der Waals surface area contributed by atoms with Crippen molar-refractivity contribution in [2.75, 3.05) is 24.3 Å². The predicted molar refractivity (Wildman–Crippen MR) is 133 cm³/mol.